The van der Waals surface area contributed by atoms with Crippen LogP contribution in [0.15, 0.2) is 53.1 Å². The van der Waals surface area contributed by atoms with Crippen molar-refractivity contribution in [1.82, 2.24) is 25.4 Å². The van der Waals surface area contributed by atoms with Crippen LogP contribution in [0.4, 0.5) is 0 Å². The van der Waals surface area contributed by atoms with Gasteiger partial charge in [-0.2, -0.15) is 0 Å². The number of hydrogen-bond donors (Lipinski definition) is 0. The lowest BCUT2D eigenvalue weighted by atomic mass is 10.1. The molecule has 2 aromatic heterocycles. The van der Waals surface area contributed by atoms with Crippen molar-refractivity contribution in [2.75, 3.05) is 0 Å². The largest absolute Gasteiger partial charge is 0.454 e. The van der Waals surface area contributed by atoms with Crippen LogP contribution in [-0.4, -0.2) is 31.3 Å². The minimum Gasteiger partial charge on any atom is -0.454 e. The van der Waals surface area contributed by atoms with Gasteiger partial charge in [0.15, 0.2) is 18.2 Å². The van der Waals surface area contributed by atoms with E-state index < -0.39 is 5.97 Å². The molecule has 0 saturated heterocycles. The fraction of sp³-hybridized carbons (Fsp3) is 0.250. The maximum Gasteiger partial charge on any atom is 0.338 e. The topological polar surface area (TPSA) is 95.9 Å². The predicted molar refractivity (Wildman–Crippen MR) is 101 cm³/mol. The Kier molecular flexibility index (Phi) is 5.09. The van der Waals surface area contributed by atoms with Gasteiger partial charge in [-0.05, 0) is 35.0 Å². The average molecular weight is 377 g/mol. The van der Waals surface area contributed by atoms with Crippen LogP contribution in [0.2, 0.25) is 0 Å². The minimum atomic E-state index is -0.452. The molecule has 0 fully saturated rings. The molecule has 0 atom stereocenters. The molecule has 0 aliphatic rings. The lowest BCUT2D eigenvalue weighted by Crippen LogP contribution is -2.11. The number of tetrazole rings is 1. The number of aromatic nitrogens is 5. The van der Waals surface area contributed by atoms with Gasteiger partial charge in [0.05, 0.1) is 10.9 Å². The normalized spacial score (nSPS) is 11.0. The molecule has 0 saturated carbocycles. The molecule has 0 N–H and O–H groups in total. The third-order valence-electron chi connectivity index (χ3n) is 4.41. The van der Waals surface area contributed by atoms with Gasteiger partial charge < -0.3 is 9.26 Å². The number of unbranched alkanes of at least 4 members (excludes halogenated alkanes) is 1. The van der Waals surface area contributed by atoms with Gasteiger partial charge in [0, 0.05) is 12.1 Å². The molecule has 2 heterocycles. The van der Waals surface area contributed by atoms with E-state index in [1.54, 1.807) is 22.9 Å². The summed E-state index contributed by atoms with van der Waals surface area (Å²) >= 11 is 0. The highest BCUT2D eigenvalue weighted by Crippen LogP contribution is 2.29. The zero-order valence-corrected chi connectivity index (χ0v) is 15.4. The summed E-state index contributed by atoms with van der Waals surface area (Å²) in [6.45, 7) is 2.81. The van der Waals surface area contributed by atoms with Crippen molar-refractivity contribution in [2.45, 2.75) is 32.9 Å². The van der Waals surface area contributed by atoms with E-state index in [-0.39, 0.29) is 6.61 Å². The first-order chi connectivity index (χ1) is 13.8. The zero-order valence-electron chi connectivity index (χ0n) is 15.4. The monoisotopic (exact) mass is 377 g/mol. The van der Waals surface area contributed by atoms with Crippen LogP contribution in [0.25, 0.3) is 22.2 Å². The lowest BCUT2D eigenvalue weighted by molar-refractivity contribution is 0.0456. The van der Waals surface area contributed by atoms with Crippen LogP contribution >= 0.6 is 0 Å². The molecule has 0 aliphatic carbocycles. The smallest absolute Gasteiger partial charge is 0.338 e. The van der Waals surface area contributed by atoms with Crippen molar-refractivity contribution < 1.29 is 14.1 Å². The average Bonchev–Trinajstić information content (AvgIpc) is 3.37. The van der Waals surface area contributed by atoms with E-state index >= 15 is 0 Å². The molecule has 8 heteroatoms. The number of carbonyl (C=O) groups excluding carboxylic acids is 1. The van der Waals surface area contributed by atoms with Gasteiger partial charge >= 0.3 is 5.97 Å². The maximum absolute atomic E-state index is 12.5. The molecule has 28 heavy (non-hydrogen) atoms. The number of rotatable bonds is 7. The molecule has 0 radical (unpaired) electrons. The van der Waals surface area contributed by atoms with Crippen LogP contribution in [0.3, 0.4) is 0 Å². The summed E-state index contributed by atoms with van der Waals surface area (Å²) in [7, 11) is 0. The van der Waals surface area contributed by atoms with Gasteiger partial charge in [0.25, 0.3) is 0 Å². The van der Waals surface area contributed by atoms with Crippen LogP contribution in [0, 0.1) is 0 Å². The molecular formula is C20H19N5O3. The quantitative estimate of drug-likeness (QED) is 0.454. The van der Waals surface area contributed by atoms with E-state index in [0.29, 0.717) is 29.2 Å². The highest BCUT2D eigenvalue weighted by atomic mass is 16.5. The fourth-order valence-electron chi connectivity index (χ4n) is 2.89. The SMILES string of the molecule is CCCCn1nnnc1COC(=O)c1ccc2noc(-c3ccccc3)c2c1. The fourth-order valence-corrected chi connectivity index (χ4v) is 2.89. The maximum atomic E-state index is 12.5. The first kappa shape index (κ1) is 17.8. The zero-order chi connectivity index (χ0) is 19.3. The third-order valence-corrected chi connectivity index (χ3v) is 4.41. The molecule has 0 spiro atoms. The van der Waals surface area contributed by atoms with Crippen molar-refractivity contribution in [3.05, 3.63) is 59.9 Å². The van der Waals surface area contributed by atoms with Gasteiger partial charge in [0.2, 0.25) is 0 Å². The number of hydrogen-bond acceptors (Lipinski definition) is 7. The number of aryl methyl sites for hydroxylation is 1. The molecule has 0 amide bonds. The summed E-state index contributed by atoms with van der Waals surface area (Å²) in [5, 5.41) is 16.3. The van der Waals surface area contributed by atoms with E-state index in [2.05, 4.69) is 27.6 Å². The Morgan fingerprint density at radius 3 is 2.86 bits per heavy atom. The summed E-state index contributed by atoms with van der Waals surface area (Å²) in [6, 6.07) is 14.8. The van der Waals surface area contributed by atoms with Crippen molar-refractivity contribution in [3.63, 3.8) is 0 Å². The Hall–Kier alpha value is -3.55. The number of nitrogens with zero attached hydrogens (tertiary/aromatic N) is 5. The van der Waals surface area contributed by atoms with Crippen LogP contribution < -0.4 is 0 Å². The summed E-state index contributed by atoms with van der Waals surface area (Å²) in [6.07, 6.45) is 1.99. The number of carbonyl (C=O) groups is 1. The van der Waals surface area contributed by atoms with Gasteiger partial charge in [-0.3, -0.25) is 0 Å². The lowest BCUT2D eigenvalue weighted by Gasteiger charge is -2.06. The molecule has 2 aromatic carbocycles. The standard InChI is InChI=1S/C20H19N5O3/c1-2-3-11-25-18(21-23-24-25)13-27-20(26)15-9-10-17-16(12-15)19(28-22-17)14-7-5-4-6-8-14/h4-10,12H,2-3,11,13H2,1H3. The summed E-state index contributed by atoms with van der Waals surface area (Å²) in [4.78, 5) is 12.5. The second-order valence-electron chi connectivity index (χ2n) is 6.36. The van der Waals surface area contributed by atoms with E-state index in [4.69, 9.17) is 9.26 Å². The molecule has 4 rings (SSSR count). The van der Waals surface area contributed by atoms with Crippen molar-refractivity contribution >= 4 is 16.9 Å². The molecule has 0 aliphatic heterocycles. The van der Waals surface area contributed by atoms with E-state index in [1.165, 1.54) is 0 Å². The Bertz CT molecular complexity index is 1090. The van der Waals surface area contributed by atoms with Gasteiger partial charge in [0.1, 0.15) is 5.52 Å². The molecule has 4 aromatic rings. The molecule has 8 nitrogen and oxygen atoms in total. The van der Waals surface area contributed by atoms with E-state index in [0.717, 1.165) is 23.8 Å². The summed E-state index contributed by atoms with van der Waals surface area (Å²) < 4.78 is 12.5. The third kappa shape index (κ3) is 3.62. The summed E-state index contributed by atoms with van der Waals surface area (Å²) in [5.41, 5.74) is 1.99. The minimum absolute atomic E-state index is 0.0166. The number of ether oxygens (including phenoxy) is 1. The first-order valence-electron chi connectivity index (χ1n) is 9.13. The number of benzene rings is 2. The van der Waals surface area contributed by atoms with Crippen LogP contribution in [0.5, 0.6) is 0 Å². The molecule has 0 unspecified atom stereocenters. The highest BCUT2D eigenvalue weighted by Gasteiger charge is 2.16. The summed E-state index contributed by atoms with van der Waals surface area (Å²) in [5.74, 6) is 0.693. The van der Waals surface area contributed by atoms with Crippen LogP contribution in [0.1, 0.15) is 35.9 Å². The van der Waals surface area contributed by atoms with Crippen molar-refractivity contribution in [2.24, 2.45) is 0 Å². The Morgan fingerprint density at radius 2 is 2.04 bits per heavy atom. The van der Waals surface area contributed by atoms with Crippen LogP contribution in [-0.2, 0) is 17.9 Å². The Balaban J connectivity index is 1.53. The highest BCUT2D eigenvalue weighted by molar-refractivity contribution is 5.98. The van der Waals surface area contributed by atoms with Crippen molar-refractivity contribution in [3.8, 4) is 11.3 Å². The van der Waals surface area contributed by atoms with E-state index in [9.17, 15) is 4.79 Å². The second-order valence-corrected chi connectivity index (χ2v) is 6.36. The molecular weight excluding hydrogens is 358 g/mol. The van der Waals surface area contributed by atoms with Gasteiger partial charge in [-0.1, -0.05) is 48.8 Å². The Morgan fingerprint density at radius 1 is 1.18 bits per heavy atom. The van der Waals surface area contributed by atoms with Gasteiger partial charge in [-0.25, -0.2) is 9.48 Å². The Labute approximate surface area is 161 Å². The molecule has 142 valence electrons. The van der Waals surface area contributed by atoms with E-state index in [1.807, 2.05) is 30.3 Å². The predicted octanol–water partition coefficient (Wildman–Crippen LogP) is 3.64. The molecule has 0 bridgehead atoms. The van der Waals surface area contributed by atoms with Gasteiger partial charge in [-0.15, -0.1) is 5.10 Å². The van der Waals surface area contributed by atoms with Crippen molar-refractivity contribution in [1.29, 1.82) is 0 Å². The number of esters is 1. The second kappa shape index (κ2) is 7.99. The first-order valence-corrected chi connectivity index (χ1v) is 9.13. The number of fused-ring (bicyclic) bond motifs is 1.